The molecule has 0 aromatic carbocycles. The lowest BCUT2D eigenvalue weighted by Gasteiger charge is -2.18. The van der Waals surface area contributed by atoms with Crippen molar-refractivity contribution in [1.29, 1.82) is 0 Å². The van der Waals surface area contributed by atoms with E-state index < -0.39 is 19.9 Å². The standard InChI is InChI=1S/C7H16ClNO4S2/c1-3-9(5-4-8)15(12,13)7-6-14(2,10)11/h3-7H2,1-2H3. The van der Waals surface area contributed by atoms with Gasteiger partial charge in [-0.3, -0.25) is 0 Å². The van der Waals surface area contributed by atoms with Gasteiger partial charge in [0.2, 0.25) is 10.0 Å². The second-order valence-electron chi connectivity index (χ2n) is 3.13. The highest BCUT2D eigenvalue weighted by molar-refractivity contribution is 7.93. The van der Waals surface area contributed by atoms with Crippen LogP contribution in [0.3, 0.4) is 0 Å². The Morgan fingerprint density at radius 3 is 2.00 bits per heavy atom. The van der Waals surface area contributed by atoms with Gasteiger partial charge in [-0.2, -0.15) is 0 Å². The third-order valence-corrected chi connectivity index (χ3v) is 5.11. The summed E-state index contributed by atoms with van der Waals surface area (Å²) in [6, 6.07) is 0. The smallest absolute Gasteiger partial charge is 0.215 e. The summed E-state index contributed by atoms with van der Waals surface area (Å²) < 4.78 is 46.1. The molecule has 0 aliphatic carbocycles. The van der Waals surface area contributed by atoms with Crippen LogP contribution in [0.15, 0.2) is 0 Å². The molecular formula is C7H16ClNO4S2. The molecule has 0 aromatic rings. The molecule has 0 aliphatic rings. The Balaban J connectivity index is 4.53. The maximum absolute atomic E-state index is 11.6. The van der Waals surface area contributed by atoms with Crippen LogP contribution in [-0.4, -0.2) is 57.9 Å². The van der Waals surface area contributed by atoms with Crippen molar-refractivity contribution in [2.24, 2.45) is 0 Å². The monoisotopic (exact) mass is 277 g/mol. The van der Waals surface area contributed by atoms with Gasteiger partial charge in [-0.1, -0.05) is 6.92 Å². The summed E-state index contributed by atoms with van der Waals surface area (Å²) in [6.45, 7) is 2.20. The third kappa shape index (κ3) is 6.34. The minimum Gasteiger partial charge on any atom is -0.229 e. The van der Waals surface area contributed by atoms with Gasteiger partial charge in [0.15, 0.2) is 0 Å². The molecule has 0 rings (SSSR count). The van der Waals surface area contributed by atoms with Crippen LogP contribution < -0.4 is 0 Å². The first-order valence-corrected chi connectivity index (χ1v) is 8.65. The largest absolute Gasteiger partial charge is 0.229 e. The van der Waals surface area contributed by atoms with Crippen molar-refractivity contribution in [3.05, 3.63) is 0 Å². The fourth-order valence-electron chi connectivity index (χ4n) is 0.974. The number of rotatable bonds is 7. The molecule has 0 unspecified atom stereocenters. The van der Waals surface area contributed by atoms with Crippen molar-refractivity contribution >= 4 is 31.5 Å². The van der Waals surface area contributed by atoms with Crippen molar-refractivity contribution in [1.82, 2.24) is 4.31 Å². The molecule has 0 aromatic heterocycles. The van der Waals surface area contributed by atoms with Gasteiger partial charge in [0.05, 0.1) is 11.5 Å². The van der Waals surface area contributed by atoms with E-state index in [9.17, 15) is 16.8 Å². The van der Waals surface area contributed by atoms with Crippen molar-refractivity contribution in [2.45, 2.75) is 6.92 Å². The maximum Gasteiger partial charge on any atom is 0.215 e. The number of halogens is 1. The number of hydrogen-bond donors (Lipinski definition) is 0. The molecule has 15 heavy (non-hydrogen) atoms. The molecule has 0 bridgehead atoms. The Morgan fingerprint density at radius 1 is 1.13 bits per heavy atom. The summed E-state index contributed by atoms with van der Waals surface area (Å²) in [5.41, 5.74) is 0. The van der Waals surface area contributed by atoms with Gasteiger partial charge in [0, 0.05) is 25.2 Å². The minimum atomic E-state index is -3.50. The normalized spacial score (nSPS) is 13.3. The van der Waals surface area contributed by atoms with E-state index in [0.29, 0.717) is 6.54 Å². The van der Waals surface area contributed by atoms with Gasteiger partial charge in [0.1, 0.15) is 9.84 Å². The first-order valence-electron chi connectivity index (χ1n) is 4.44. The number of nitrogens with zero attached hydrogens (tertiary/aromatic N) is 1. The van der Waals surface area contributed by atoms with Crippen LogP contribution in [0.25, 0.3) is 0 Å². The Hall–Kier alpha value is 0.150. The third-order valence-electron chi connectivity index (χ3n) is 1.79. The average molecular weight is 278 g/mol. The molecule has 0 aliphatic heterocycles. The second kappa shape index (κ2) is 6.03. The maximum atomic E-state index is 11.6. The Labute approximate surface area is 96.4 Å². The van der Waals surface area contributed by atoms with E-state index in [-0.39, 0.29) is 23.9 Å². The summed E-state index contributed by atoms with van der Waals surface area (Å²) in [7, 11) is -6.75. The Kier molecular flexibility index (Phi) is 6.09. The van der Waals surface area contributed by atoms with E-state index in [2.05, 4.69) is 0 Å². The summed E-state index contributed by atoms with van der Waals surface area (Å²) in [5, 5.41) is 0. The van der Waals surface area contributed by atoms with Crippen molar-refractivity contribution in [3.63, 3.8) is 0 Å². The van der Waals surface area contributed by atoms with E-state index in [1.54, 1.807) is 6.92 Å². The molecule has 5 nitrogen and oxygen atoms in total. The predicted molar refractivity (Wildman–Crippen MR) is 61.5 cm³/mol. The molecular weight excluding hydrogens is 262 g/mol. The Morgan fingerprint density at radius 2 is 1.67 bits per heavy atom. The lowest BCUT2D eigenvalue weighted by molar-refractivity contribution is 0.447. The van der Waals surface area contributed by atoms with Crippen LogP contribution in [0.4, 0.5) is 0 Å². The highest BCUT2D eigenvalue weighted by Gasteiger charge is 2.21. The number of hydrogen-bond acceptors (Lipinski definition) is 4. The first-order chi connectivity index (χ1) is 6.73. The van der Waals surface area contributed by atoms with Gasteiger partial charge >= 0.3 is 0 Å². The van der Waals surface area contributed by atoms with E-state index in [0.717, 1.165) is 6.26 Å². The zero-order valence-electron chi connectivity index (χ0n) is 8.81. The fraction of sp³-hybridized carbons (Fsp3) is 1.00. The van der Waals surface area contributed by atoms with Gasteiger partial charge in [-0.15, -0.1) is 11.6 Å². The molecule has 92 valence electrons. The van der Waals surface area contributed by atoms with E-state index in [1.807, 2.05) is 0 Å². The van der Waals surface area contributed by atoms with Gasteiger partial charge in [0.25, 0.3) is 0 Å². The zero-order chi connectivity index (χ0) is 12.1. The number of sulfone groups is 1. The van der Waals surface area contributed by atoms with Crippen LogP contribution in [-0.2, 0) is 19.9 Å². The predicted octanol–water partition coefficient (Wildman–Crippen LogP) is -0.0785. The van der Waals surface area contributed by atoms with E-state index in [4.69, 9.17) is 11.6 Å². The molecule has 0 heterocycles. The van der Waals surface area contributed by atoms with E-state index >= 15 is 0 Å². The van der Waals surface area contributed by atoms with Gasteiger partial charge < -0.3 is 0 Å². The summed E-state index contributed by atoms with van der Waals surface area (Å²) in [4.78, 5) is 0. The van der Waals surface area contributed by atoms with Crippen molar-refractivity contribution < 1.29 is 16.8 Å². The summed E-state index contributed by atoms with van der Waals surface area (Å²) in [6.07, 6.45) is 1.01. The Bertz CT molecular complexity index is 376. The molecule has 0 spiro atoms. The first kappa shape index (κ1) is 15.2. The van der Waals surface area contributed by atoms with Crippen LogP contribution in [0.1, 0.15) is 6.92 Å². The van der Waals surface area contributed by atoms with E-state index in [1.165, 1.54) is 4.31 Å². The lowest BCUT2D eigenvalue weighted by Crippen LogP contribution is -2.36. The zero-order valence-corrected chi connectivity index (χ0v) is 11.2. The molecule has 0 radical (unpaired) electrons. The summed E-state index contributed by atoms with van der Waals surface area (Å²) in [5.74, 6) is -0.531. The summed E-state index contributed by atoms with van der Waals surface area (Å²) >= 11 is 5.45. The molecule has 0 amide bonds. The minimum absolute atomic E-state index is 0.200. The van der Waals surface area contributed by atoms with Crippen LogP contribution in [0, 0.1) is 0 Å². The highest BCUT2D eigenvalue weighted by Crippen LogP contribution is 2.02. The molecule has 0 fully saturated rings. The van der Waals surface area contributed by atoms with Gasteiger partial charge in [-0.25, -0.2) is 21.1 Å². The highest BCUT2D eigenvalue weighted by atomic mass is 35.5. The number of alkyl halides is 1. The van der Waals surface area contributed by atoms with Crippen molar-refractivity contribution in [2.75, 3.05) is 36.7 Å². The molecule has 0 saturated carbocycles. The second-order valence-corrected chi connectivity index (χ2v) is 7.85. The average Bonchev–Trinajstić information content (AvgIpc) is 2.10. The topological polar surface area (TPSA) is 71.5 Å². The van der Waals surface area contributed by atoms with Crippen LogP contribution >= 0.6 is 11.6 Å². The molecule has 0 saturated heterocycles. The van der Waals surface area contributed by atoms with Crippen molar-refractivity contribution in [3.8, 4) is 0 Å². The van der Waals surface area contributed by atoms with Gasteiger partial charge in [-0.05, 0) is 0 Å². The fourth-order valence-corrected chi connectivity index (χ4v) is 4.35. The number of sulfonamides is 1. The van der Waals surface area contributed by atoms with Crippen LogP contribution in [0.2, 0.25) is 0 Å². The molecule has 8 heteroatoms. The SMILES string of the molecule is CCN(CCCl)S(=O)(=O)CCS(C)(=O)=O. The quantitative estimate of drug-likeness (QED) is 0.611. The molecule has 0 atom stereocenters. The molecule has 0 N–H and O–H groups in total. The lowest BCUT2D eigenvalue weighted by atomic mass is 10.7. The van der Waals surface area contributed by atoms with Crippen LogP contribution in [0.5, 0.6) is 0 Å².